The van der Waals surface area contributed by atoms with Gasteiger partial charge in [-0.05, 0) is 91.2 Å². The maximum atomic E-state index is 13.1. The van der Waals surface area contributed by atoms with Crippen LogP contribution < -0.4 is 0 Å². The molecule has 0 fully saturated rings. The lowest BCUT2D eigenvalue weighted by Gasteiger charge is -2.32. The van der Waals surface area contributed by atoms with Crippen LogP contribution in [0.1, 0.15) is 204 Å². The standard InChI is InChI=1S/C45H75NO3/c1-7-10-11-12-13-14-15-16-17-18-19-20-21-22-23-24-33-46(38(6)47)41(29-25-39-27-31-44(48)42(34-39)36(4)8-2)30-26-40-28-32-45(49)43(35-40)37(5)9-3/h27-28,31-32,34-37,41,48-49H,7-26,29-30,33H2,1-6H3. The lowest BCUT2D eigenvalue weighted by molar-refractivity contribution is -0.131. The molecule has 1 amide bonds. The Kier molecular flexibility index (Phi) is 22.2. The Labute approximate surface area is 302 Å². The first-order valence-corrected chi connectivity index (χ1v) is 20.6. The van der Waals surface area contributed by atoms with Crippen molar-refractivity contribution in [2.75, 3.05) is 6.54 Å². The van der Waals surface area contributed by atoms with Gasteiger partial charge < -0.3 is 15.1 Å². The van der Waals surface area contributed by atoms with E-state index in [-0.39, 0.29) is 11.9 Å². The van der Waals surface area contributed by atoms with Gasteiger partial charge in [0.05, 0.1) is 0 Å². The van der Waals surface area contributed by atoms with Gasteiger partial charge in [0.2, 0.25) is 5.91 Å². The van der Waals surface area contributed by atoms with Crippen LogP contribution in [0.15, 0.2) is 36.4 Å². The van der Waals surface area contributed by atoms with Crippen LogP contribution in [0.5, 0.6) is 11.5 Å². The third-order valence-corrected chi connectivity index (χ3v) is 11.1. The Morgan fingerprint density at radius 3 is 1.31 bits per heavy atom. The van der Waals surface area contributed by atoms with Gasteiger partial charge in [-0.2, -0.15) is 0 Å². The van der Waals surface area contributed by atoms with E-state index in [1.807, 2.05) is 24.3 Å². The summed E-state index contributed by atoms with van der Waals surface area (Å²) in [6, 6.07) is 12.3. The molecule has 0 aliphatic heterocycles. The quantitative estimate of drug-likeness (QED) is 0.0881. The van der Waals surface area contributed by atoms with Gasteiger partial charge in [-0.15, -0.1) is 0 Å². The molecular formula is C45H75NO3. The van der Waals surface area contributed by atoms with Gasteiger partial charge in [0.15, 0.2) is 0 Å². The molecule has 0 saturated heterocycles. The zero-order valence-corrected chi connectivity index (χ0v) is 32.7. The molecule has 0 spiro atoms. The van der Waals surface area contributed by atoms with E-state index in [1.165, 1.54) is 107 Å². The molecule has 0 saturated carbocycles. The number of unbranched alkanes of at least 4 members (excludes halogenated alkanes) is 15. The largest absolute Gasteiger partial charge is 0.508 e. The van der Waals surface area contributed by atoms with E-state index in [0.29, 0.717) is 23.3 Å². The first-order valence-electron chi connectivity index (χ1n) is 20.6. The van der Waals surface area contributed by atoms with Crippen LogP contribution in [-0.4, -0.2) is 33.6 Å². The molecule has 4 heteroatoms. The SMILES string of the molecule is CCCCCCCCCCCCCCCCCCN(C(C)=O)C(CCc1ccc(O)c(C(C)CC)c1)CCc1ccc(O)c(C(C)CC)c1. The van der Waals surface area contributed by atoms with Crippen LogP contribution in [0.25, 0.3) is 0 Å². The Morgan fingerprint density at radius 2 is 0.959 bits per heavy atom. The number of phenolic OH excluding ortho intramolecular Hbond substituents is 2. The molecule has 0 bridgehead atoms. The summed E-state index contributed by atoms with van der Waals surface area (Å²) in [7, 11) is 0. The molecule has 0 aromatic heterocycles. The van der Waals surface area contributed by atoms with Crippen LogP contribution in [-0.2, 0) is 17.6 Å². The Bertz CT molecular complexity index is 1100. The molecule has 2 aromatic carbocycles. The Hall–Kier alpha value is -2.49. The van der Waals surface area contributed by atoms with Gasteiger partial charge in [-0.25, -0.2) is 0 Å². The van der Waals surface area contributed by atoms with Crippen molar-refractivity contribution in [2.45, 2.75) is 201 Å². The summed E-state index contributed by atoms with van der Waals surface area (Å²) >= 11 is 0. The molecule has 0 radical (unpaired) electrons. The van der Waals surface area contributed by atoms with Crippen LogP contribution in [0.4, 0.5) is 0 Å². The second kappa shape index (κ2) is 25.5. The van der Waals surface area contributed by atoms with Gasteiger partial charge in [0, 0.05) is 19.5 Å². The third-order valence-electron chi connectivity index (χ3n) is 11.1. The van der Waals surface area contributed by atoms with Crippen molar-refractivity contribution in [3.8, 4) is 11.5 Å². The van der Waals surface area contributed by atoms with Crippen molar-refractivity contribution in [3.63, 3.8) is 0 Å². The second-order valence-electron chi connectivity index (χ2n) is 15.2. The van der Waals surface area contributed by atoms with Gasteiger partial charge >= 0.3 is 0 Å². The summed E-state index contributed by atoms with van der Waals surface area (Å²) in [4.78, 5) is 15.3. The van der Waals surface area contributed by atoms with Gasteiger partial charge in [-0.1, -0.05) is 155 Å². The molecule has 0 aliphatic carbocycles. The van der Waals surface area contributed by atoms with E-state index in [4.69, 9.17) is 0 Å². The number of benzene rings is 2. The number of hydrogen-bond donors (Lipinski definition) is 2. The van der Waals surface area contributed by atoms with Crippen LogP contribution in [0.3, 0.4) is 0 Å². The average molecular weight is 678 g/mol. The second-order valence-corrected chi connectivity index (χ2v) is 15.2. The predicted molar refractivity (Wildman–Crippen MR) is 211 cm³/mol. The Balaban J connectivity index is 1.90. The van der Waals surface area contributed by atoms with Crippen molar-refractivity contribution in [1.29, 1.82) is 0 Å². The van der Waals surface area contributed by atoms with Gasteiger partial charge in [0.25, 0.3) is 0 Å². The number of carbonyl (C=O) groups excluding carboxylic acids is 1. The van der Waals surface area contributed by atoms with E-state index in [0.717, 1.165) is 62.6 Å². The number of rotatable bonds is 28. The first-order chi connectivity index (χ1) is 23.7. The summed E-state index contributed by atoms with van der Waals surface area (Å²) in [5, 5.41) is 21.0. The normalized spacial score (nSPS) is 13.3. The minimum atomic E-state index is 0.149. The van der Waals surface area contributed by atoms with Crippen LogP contribution in [0, 0.1) is 0 Å². The van der Waals surface area contributed by atoms with E-state index < -0.39 is 0 Å². The van der Waals surface area contributed by atoms with Crippen LogP contribution in [0.2, 0.25) is 0 Å². The third kappa shape index (κ3) is 16.8. The number of phenols is 2. The molecule has 0 aliphatic rings. The van der Waals surface area contributed by atoms with E-state index in [9.17, 15) is 15.0 Å². The zero-order chi connectivity index (χ0) is 35.9. The maximum Gasteiger partial charge on any atom is 0.219 e. The first kappa shape index (κ1) is 42.7. The Morgan fingerprint density at radius 1 is 0.592 bits per heavy atom. The summed E-state index contributed by atoms with van der Waals surface area (Å²) in [6.45, 7) is 13.5. The molecule has 278 valence electrons. The van der Waals surface area contributed by atoms with E-state index >= 15 is 0 Å². The molecule has 4 nitrogen and oxygen atoms in total. The van der Waals surface area contributed by atoms with Crippen LogP contribution >= 0.6 is 0 Å². The fourth-order valence-electron chi connectivity index (χ4n) is 7.30. The van der Waals surface area contributed by atoms with Crippen molar-refractivity contribution < 1.29 is 15.0 Å². The minimum Gasteiger partial charge on any atom is -0.508 e. The molecule has 2 unspecified atom stereocenters. The molecule has 2 aromatic rings. The lowest BCUT2D eigenvalue weighted by atomic mass is 9.91. The number of nitrogens with zero attached hydrogens (tertiary/aromatic N) is 1. The summed E-state index contributed by atoms with van der Waals surface area (Å²) in [5.74, 6) is 1.56. The van der Waals surface area contributed by atoms with E-state index in [2.05, 4.69) is 51.7 Å². The molecular weight excluding hydrogens is 602 g/mol. The van der Waals surface area contributed by atoms with E-state index in [1.54, 1.807) is 6.92 Å². The minimum absolute atomic E-state index is 0.149. The van der Waals surface area contributed by atoms with Crippen molar-refractivity contribution in [1.82, 2.24) is 4.90 Å². The highest BCUT2D eigenvalue weighted by molar-refractivity contribution is 5.73. The highest BCUT2D eigenvalue weighted by Gasteiger charge is 2.22. The molecule has 2 atom stereocenters. The fourth-order valence-corrected chi connectivity index (χ4v) is 7.30. The van der Waals surface area contributed by atoms with Crippen molar-refractivity contribution >= 4 is 5.91 Å². The molecule has 2 N–H and O–H groups in total. The lowest BCUT2D eigenvalue weighted by Crippen LogP contribution is -2.40. The van der Waals surface area contributed by atoms with Gasteiger partial charge in [0.1, 0.15) is 11.5 Å². The highest BCUT2D eigenvalue weighted by Crippen LogP contribution is 2.31. The predicted octanol–water partition coefficient (Wildman–Crippen LogP) is 13.2. The molecule has 2 rings (SSSR count). The average Bonchev–Trinajstić information content (AvgIpc) is 3.10. The highest BCUT2D eigenvalue weighted by atomic mass is 16.3. The topological polar surface area (TPSA) is 60.8 Å². The summed E-state index contributed by atoms with van der Waals surface area (Å²) < 4.78 is 0. The van der Waals surface area contributed by atoms with Crippen molar-refractivity contribution in [3.05, 3.63) is 58.7 Å². The number of hydrogen-bond acceptors (Lipinski definition) is 3. The zero-order valence-electron chi connectivity index (χ0n) is 32.7. The number of aryl methyl sites for hydroxylation is 2. The summed E-state index contributed by atoms with van der Waals surface area (Å²) in [6.07, 6.45) is 27.1. The number of carbonyl (C=O) groups is 1. The fraction of sp³-hybridized carbons (Fsp3) is 0.711. The van der Waals surface area contributed by atoms with Crippen molar-refractivity contribution in [2.24, 2.45) is 0 Å². The number of amides is 1. The maximum absolute atomic E-state index is 13.1. The molecule has 49 heavy (non-hydrogen) atoms. The smallest absolute Gasteiger partial charge is 0.219 e. The van der Waals surface area contributed by atoms with Gasteiger partial charge in [-0.3, -0.25) is 4.79 Å². The molecule has 0 heterocycles. The summed E-state index contributed by atoms with van der Waals surface area (Å²) in [5.41, 5.74) is 4.50. The number of aromatic hydroxyl groups is 2. The monoisotopic (exact) mass is 678 g/mol.